The molecule has 3 aromatic carbocycles. The van der Waals surface area contributed by atoms with E-state index in [2.05, 4.69) is 41.2 Å². The van der Waals surface area contributed by atoms with Crippen LogP contribution in [0.15, 0.2) is 85.3 Å². The lowest BCUT2D eigenvalue weighted by Crippen LogP contribution is -2.47. The number of hydrogen-bond donors (Lipinski definition) is 0. The maximum Gasteiger partial charge on any atom is 0.272 e. The summed E-state index contributed by atoms with van der Waals surface area (Å²) in [5.41, 5.74) is 6.31. The molecule has 6 nitrogen and oxygen atoms in total. The number of hydrogen-bond acceptors (Lipinski definition) is 4. The second kappa shape index (κ2) is 11.0. The quantitative estimate of drug-likeness (QED) is 0.242. The highest BCUT2D eigenvalue weighted by molar-refractivity contribution is 6.31. The van der Waals surface area contributed by atoms with Gasteiger partial charge in [0.15, 0.2) is 0 Å². The molecule has 0 aliphatic carbocycles. The molecule has 1 saturated heterocycles. The van der Waals surface area contributed by atoms with Crippen LogP contribution >= 0.6 is 23.2 Å². The first-order valence-electron chi connectivity index (χ1n) is 13.3. The van der Waals surface area contributed by atoms with E-state index in [9.17, 15) is 4.79 Å². The highest BCUT2D eigenvalue weighted by Gasteiger charge is 2.25. The summed E-state index contributed by atoms with van der Waals surface area (Å²) < 4.78 is 2.04. The molecule has 202 valence electrons. The summed E-state index contributed by atoms with van der Waals surface area (Å²) in [6.07, 6.45) is 3.71. The zero-order chi connectivity index (χ0) is 27.8. The molecule has 0 saturated carbocycles. The maximum atomic E-state index is 13.6. The van der Waals surface area contributed by atoms with Crippen molar-refractivity contribution < 1.29 is 4.79 Å². The van der Waals surface area contributed by atoms with Gasteiger partial charge in [0.2, 0.25) is 0 Å². The standard InChI is InChI=1S/C32H29Cl2N5O/c1-37-12-14-39(15-13-37)32(40)29-18-26(22-4-3-5-25(34)16-22)27-17-23(8-11-28(27)36-29)31(30-19-35-20-38(30)2)21-6-9-24(33)10-7-21/h3-11,16-20,31H,12-15H2,1-2H3. The minimum absolute atomic E-state index is 0.0451. The molecule has 1 unspecified atom stereocenters. The fourth-order valence-corrected chi connectivity index (χ4v) is 5.75. The molecule has 0 bridgehead atoms. The van der Waals surface area contributed by atoms with E-state index in [0.29, 0.717) is 28.8 Å². The number of carbonyl (C=O) groups is 1. The fraction of sp³-hybridized carbons (Fsp3) is 0.219. The van der Waals surface area contributed by atoms with Gasteiger partial charge < -0.3 is 14.4 Å². The predicted molar refractivity (Wildman–Crippen MR) is 161 cm³/mol. The summed E-state index contributed by atoms with van der Waals surface area (Å²) in [5, 5.41) is 2.28. The summed E-state index contributed by atoms with van der Waals surface area (Å²) in [6, 6.07) is 23.9. The second-order valence-corrected chi connectivity index (χ2v) is 11.2. The summed E-state index contributed by atoms with van der Waals surface area (Å²) in [5.74, 6) is -0.121. The third-order valence-electron chi connectivity index (χ3n) is 7.66. The summed E-state index contributed by atoms with van der Waals surface area (Å²) in [4.78, 5) is 27.0. The van der Waals surface area contributed by atoms with E-state index in [1.165, 1.54) is 0 Å². The van der Waals surface area contributed by atoms with E-state index in [1.807, 2.05) is 77.6 Å². The average molecular weight is 571 g/mol. The minimum Gasteiger partial charge on any atom is -0.337 e. The van der Waals surface area contributed by atoms with Crippen LogP contribution in [0.4, 0.5) is 0 Å². The highest BCUT2D eigenvalue weighted by atomic mass is 35.5. The van der Waals surface area contributed by atoms with Gasteiger partial charge in [-0.15, -0.1) is 0 Å². The third-order valence-corrected chi connectivity index (χ3v) is 8.15. The van der Waals surface area contributed by atoms with E-state index in [0.717, 1.165) is 51.9 Å². The first-order chi connectivity index (χ1) is 19.4. The van der Waals surface area contributed by atoms with Crippen molar-refractivity contribution in [3.63, 3.8) is 0 Å². The lowest BCUT2D eigenvalue weighted by atomic mass is 9.87. The van der Waals surface area contributed by atoms with E-state index >= 15 is 0 Å². The van der Waals surface area contributed by atoms with Crippen LogP contribution in [0.2, 0.25) is 10.0 Å². The number of fused-ring (bicyclic) bond motifs is 1. The minimum atomic E-state index is -0.0759. The van der Waals surface area contributed by atoms with Gasteiger partial charge in [0.25, 0.3) is 5.91 Å². The number of likely N-dealkylation sites (N-methyl/N-ethyl adjacent to an activating group) is 1. The van der Waals surface area contributed by atoms with Gasteiger partial charge in [-0.1, -0.05) is 53.5 Å². The number of piperazine rings is 1. The number of benzene rings is 3. The smallest absolute Gasteiger partial charge is 0.272 e. The summed E-state index contributed by atoms with van der Waals surface area (Å²) in [7, 11) is 4.08. The van der Waals surface area contributed by atoms with Gasteiger partial charge in [0.05, 0.1) is 17.8 Å². The Morgan fingerprint density at radius 2 is 1.60 bits per heavy atom. The number of nitrogens with zero attached hydrogens (tertiary/aromatic N) is 5. The van der Waals surface area contributed by atoms with Gasteiger partial charge in [-0.3, -0.25) is 4.79 Å². The molecule has 1 fully saturated rings. The van der Waals surface area contributed by atoms with E-state index in [1.54, 1.807) is 0 Å². The topological polar surface area (TPSA) is 54.3 Å². The third kappa shape index (κ3) is 5.22. The fourth-order valence-electron chi connectivity index (χ4n) is 5.43. The molecule has 6 rings (SSSR count). The van der Waals surface area contributed by atoms with E-state index in [-0.39, 0.29) is 11.8 Å². The van der Waals surface area contributed by atoms with Gasteiger partial charge in [-0.2, -0.15) is 0 Å². The monoisotopic (exact) mass is 569 g/mol. The number of carbonyl (C=O) groups excluding carboxylic acids is 1. The molecule has 0 radical (unpaired) electrons. The van der Waals surface area contributed by atoms with Crippen molar-refractivity contribution in [3.8, 4) is 11.1 Å². The van der Waals surface area contributed by atoms with E-state index in [4.69, 9.17) is 28.2 Å². The Kier molecular flexibility index (Phi) is 7.32. The van der Waals surface area contributed by atoms with Crippen LogP contribution in [-0.4, -0.2) is 63.5 Å². The molecule has 0 N–H and O–H groups in total. The van der Waals surface area contributed by atoms with Gasteiger partial charge in [0, 0.05) is 60.5 Å². The molecule has 2 aromatic heterocycles. The molecule has 0 spiro atoms. The highest BCUT2D eigenvalue weighted by Crippen LogP contribution is 2.37. The second-order valence-electron chi connectivity index (χ2n) is 10.4. The van der Waals surface area contributed by atoms with Crippen LogP contribution < -0.4 is 0 Å². The van der Waals surface area contributed by atoms with Crippen LogP contribution in [0.25, 0.3) is 22.0 Å². The van der Waals surface area contributed by atoms with Crippen LogP contribution in [0.1, 0.15) is 33.2 Å². The number of aryl methyl sites for hydroxylation is 1. The van der Waals surface area contributed by atoms with Crippen LogP contribution in [0, 0.1) is 0 Å². The lowest BCUT2D eigenvalue weighted by molar-refractivity contribution is 0.0658. The maximum absolute atomic E-state index is 13.6. The molecule has 1 amide bonds. The first kappa shape index (κ1) is 26.5. The molecule has 1 aliphatic heterocycles. The van der Waals surface area contributed by atoms with Crippen molar-refractivity contribution in [2.24, 2.45) is 7.05 Å². The van der Waals surface area contributed by atoms with E-state index < -0.39 is 0 Å². The van der Waals surface area contributed by atoms with Crippen molar-refractivity contribution in [2.45, 2.75) is 5.92 Å². The van der Waals surface area contributed by atoms with Crippen molar-refractivity contribution in [1.82, 2.24) is 24.3 Å². The molecular weight excluding hydrogens is 541 g/mol. The number of pyridine rings is 1. The Morgan fingerprint density at radius 1 is 0.850 bits per heavy atom. The Balaban J connectivity index is 1.52. The molecule has 3 heterocycles. The van der Waals surface area contributed by atoms with Gasteiger partial charge in [-0.25, -0.2) is 9.97 Å². The van der Waals surface area contributed by atoms with Crippen LogP contribution in [-0.2, 0) is 7.05 Å². The Morgan fingerprint density at radius 3 is 2.30 bits per heavy atom. The van der Waals surface area contributed by atoms with Gasteiger partial charge in [-0.05, 0) is 71.8 Å². The number of rotatable bonds is 5. The predicted octanol–water partition coefficient (Wildman–Crippen LogP) is 6.51. The van der Waals surface area contributed by atoms with Gasteiger partial charge in [0.1, 0.15) is 5.69 Å². The van der Waals surface area contributed by atoms with Crippen molar-refractivity contribution in [2.75, 3.05) is 33.2 Å². The Hall–Kier alpha value is -3.71. The summed E-state index contributed by atoms with van der Waals surface area (Å²) >= 11 is 12.7. The number of halogens is 2. The lowest BCUT2D eigenvalue weighted by Gasteiger charge is -2.32. The van der Waals surface area contributed by atoms with Crippen LogP contribution in [0.3, 0.4) is 0 Å². The molecule has 1 aliphatic rings. The zero-order valence-corrected chi connectivity index (χ0v) is 23.9. The summed E-state index contributed by atoms with van der Waals surface area (Å²) in [6.45, 7) is 3.08. The van der Waals surface area contributed by atoms with Crippen molar-refractivity contribution >= 4 is 40.0 Å². The number of imidazole rings is 1. The SMILES string of the molecule is CN1CCN(C(=O)c2cc(-c3cccc(Cl)c3)c3cc(C(c4ccc(Cl)cc4)c4cncn4C)ccc3n2)CC1. The zero-order valence-electron chi connectivity index (χ0n) is 22.4. The first-order valence-corrected chi connectivity index (χ1v) is 14.0. The number of aromatic nitrogens is 3. The molecule has 40 heavy (non-hydrogen) atoms. The average Bonchev–Trinajstić information content (AvgIpc) is 3.38. The van der Waals surface area contributed by atoms with Gasteiger partial charge >= 0.3 is 0 Å². The molecule has 8 heteroatoms. The number of amides is 1. The normalized spacial score (nSPS) is 14.9. The van der Waals surface area contributed by atoms with Crippen molar-refractivity contribution in [1.29, 1.82) is 0 Å². The molecule has 1 atom stereocenters. The molecule has 5 aromatic rings. The largest absolute Gasteiger partial charge is 0.337 e. The van der Waals surface area contributed by atoms with Crippen LogP contribution in [0.5, 0.6) is 0 Å². The van der Waals surface area contributed by atoms with Crippen molar-refractivity contribution in [3.05, 3.63) is 118 Å². The Bertz CT molecular complexity index is 1690. The molecular formula is C32H29Cl2N5O. The Labute approximate surface area is 243 Å².